The van der Waals surface area contributed by atoms with Gasteiger partial charge < -0.3 is 5.32 Å². The number of amides is 1. The molecule has 0 saturated carbocycles. The van der Waals surface area contributed by atoms with E-state index in [2.05, 4.69) is 10.3 Å². The highest BCUT2D eigenvalue weighted by atomic mass is 32.2. The molecule has 1 atom stereocenters. The lowest BCUT2D eigenvalue weighted by Gasteiger charge is -2.31. The molecular formula is C20H20FN3O3S2. The van der Waals surface area contributed by atoms with Gasteiger partial charge in [0.2, 0.25) is 15.9 Å². The van der Waals surface area contributed by atoms with Gasteiger partial charge in [0.25, 0.3) is 0 Å². The largest absolute Gasteiger partial charge is 0.326 e. The van der Waals surface area contributed by atoms with Crippen molar-refractivity contribution in [2.75, 3.05) is 18.4 Å². The number of halogens is 1. The van der Waals surface area contributed by atoms with Gasteiger partial charge in [0, 0.05) is 18.8 Å². The normalized spacial score (nSPS) is 18.1. The third-order valence-electron chi connectivity index (χ3n) is 4.97. The van der Waals surface area contributed by atoms with Crippen LogP contribution in [0.4, 0.5) is 10.1 Å². The van der Waals surface area contributed by atoms with Gasteiger partial charge in [0.05, 0.1) is 26.0 Å². The molecule has 4 rings (SSSR count). The van der Waals surface area contributed by atoms with Gasteiger partial charge >= 0.3 is 0 Å². The zero-order valence-corrected chi connectivity index (χ0v) is 17.4. The van der Waals surface area contributed by atoms with E-state index in [1.54, 1.807) is 17.4 Å². The molecule has 0 bridgehead atoms. The lowest BCUT2D eigenvalue weighted by Crippen LogP contribution is -2.43. The van der Waals surface area contributed by atoms with Gasteiger partial charge in [0.15, 0.2) is 0 Å². The van der Waals surface area contributed by atoms with E-state index in [9.17, 15) is 17.6 Å². The highest BCUT2D eigenvalue weighted by Crippen LogP contribution is 2.27. The van der Waals surface area contributed by atoms with Crippen LogP contribution in [0.1, 0.15) is 17.8 Å². The third kappa shape index (κ3) is 4.17. The number of rotatable bonds is 4. The maximum Gasteiger partial charge on any atom is 0.243 e. The first-order valence-corrected chi connectivity index (χ1v) is 11.5. The summed E-state index contributed by atoms with van der Waals surface area (Å²) in [6, 6.07) is 10.3. The second kappa shape index (κ2) is 7.81. The molecule has 0 radical (unpaired) electrons. The molecule has 0 spiro atoms. The highest BCUT2D eigenvalue weighted by molar-refractivity contribution is 7.89. The van der Waals surface area contributed by atoms with Crippen LogP contribution in [0.3, 0.4) is 0 Å². The predicted octanol–water partition coefficient (Wildman–Crippen LogP) is 3.78. The molecular weight excluding hydrogens is 413 g/mol. The number of nitrogens with one attached hydrogen (secondary N) is 1. The van der Waals surface area contributed by atoms with Crippen LogP contribution in [0.15, 0.2) is 47.4 Å². The zero-order chi connectivity index (χ0) is 20.6. The Morgan fingerprint density at radius 1 is 1.24 bits per heavy atom. The number of carbonyl (C=O) groups excluding carboxylic acids is 1. The summed E-state index contributed by atoms with van der Waals surface area (Å²) in [5.41, 5.74) is 1.56. The molecule has 1 fully saturated rings. The predicted molar refractivity (Wildman–Crippen MR) is 111 cm³/mol. The number of benzene rings is 2. The maximum atomic E-state index is 13.1. The fourth-order valence-corrected chi connectivity index (χ4v) is 5.88. The number of anilines is 1. The minimum atomic E-state index is -3.76. The molecule has 1 amide bonds. The molecule has 2 aromatic carbocycles. The van der Waals surface area contributed by atoms with E-state index in [1.165, 1.54) is 16.4 Å². The number of nitrogens with zero attached hydrogens (tertiary/aromatic N) is 2. The minimum absolute atomic E-state index is 0.0333. The summed E-state index contributed by atoms with van der Waals surface area (Å²) in [6.07, 6.45) is 1.20. The molecule has 0 aliphatic carbocycles. The Morgan fingerprint density at radius 3 is 2.76 bits per heavy atom. The van der Waals surface area contributed by atoms with Crippen molar-refractivity contribution in [3.63, 3.8) is 0 Å². The van der Waals surface area contributed by atoms with Crippen molar-refractivity contribution in [1.82, 2.24) is 9.29 Å². The van der Waals surface area contributed by atoms with Crippen molar-refractivity contribution in [2.24, 2.45) is 5.92 Å². The van der Waals surface area contributed by atoms with Gasteiger partial charge in [0.1, 0.15) is 5.82 Å². The molecule has 1 unspecified atom stereocenters. The number of hydrogen-bond acceptors (Lipinski definition) is 5. The van der Waals surface area contributed by atoms with E-state index in [0.29, 0.717) is 25.1 Å². The second-order valence-electron chi connectivity index (χ2n) is 7.06. The Kier molecular flexibility index (Phi) is 5.37. The number of sulfonamides is 1. The SMILES string of the molecule is Cc1nc2ccc(NC(=O)C3CCCN(S(=O)(=O)c4ccc(F)cc4)C3)cc2s1. The van der Waals surface area contributed by atoms with Crippen LogP contribution in [-0.4, -0.2) is 36.7 Å². The van der Waals surface area contributed by atoms with Crippen LogP contribution in [0.25, 0.3) is 10.2 Å². The van der Waals surface area contributed by atoms with E-state index in [4.69, 9.17) is 0 Å². The molecule has 6 nitrogen and oxygen atoms in total. The van der Waals surface area contributed by atoms with Crippen LogP contribution >= 0.6 is 11.3 Å². The number of carbonyl (C=O) groups is 1. The van der Waals surface area contributed by atoms with Gasteiger partial charge in [-0.05, 0) is 62.2 Å². The first kappa shape index (κ1) is 19.9. The monoisotopic (exact) mass is 433 g/mol. The summed E-state index contributed by atoms with van der Waals surface area (Å²) in [5, 5.41) is 3.86. The Morgan fingerprint density at radius 2 is 2.00 bits per heavy atom. The van der Waals surface area contributed by atoms with Crippen molar-refractivity contribution in [1.29, 1.82) is 0 Å². The number of aromatic nitrogens is 1. The van der Waals surface area contributed by atoms with Crippen LogP contribution in [0, 0.1) is 18.7 Å². The maximum absolute atomic E-state index is 13.1. The van der Waals surface area contributed by atoms with Crippen LogP contribution in [0.5, 0.6) is 0 Å². The van der Waals surface area contributed by atoms with E-state index >= 15 is 0 Å². The molecule has 1 aliphatic heterocycles. The fraction of sp³-hybridized carbons (Fsp3) is 0.300. The van der Waals surface area contributed by atoms with Crippen molar-refractivity contribution in [3.05, 3.63) is 53.3 Å². The molecule has 1 N–H and O–H groups in total. The van der Waals surface area contributed by atoms with Crippen LogP contribution < -0.4 is 5.32 Å². The number of hydrogen-bond donors (Lipinski definition) is 1. The van der Waals surface area contributed by atoms with Crippen LogP contribution in [-0.2, 0) is 14.8 Å². The number of thiazole rings is 1. The number of fused-ring (bicyclic) bond motifs is 1. The Hall–Kier alpha value is -2.36. The Bertz CT molecular complexity index is 1160. The Balaban J connectivity index is 1.48. The molecule has 3 aromatic rings. The molecule has 9 heteroatoms. The van der Waals surface area contributed by atoms with E-state index < -0.39 is 21.8 Å². The summed E-state index contributed by atoms with van der Waals surface area (Å²) in [5.74, 6) is -1.14. The molecule has 1 saturated heterocycles. The van der Waals surface area contributed by atoms with Crippen molar-refractivity contribution >= 4 is 43.2 Å². The van der Waals surface area contributed by atoms with E-state index in [1.807, 2.05) is 19.1 Å². The summed E-state index contributed by atoms with van der Waals surface area (Å²) >= 11 is 1.55. The summed E-state index contributed by atoms with van der Waals surface area (Å²) in [6.45, 7) is 2.38. The van der Waals surface area contributed by atoms with Crippen LogP contribution in [0.2, 0.25) is 0 Å². The summed E-state index contributed by atoms with van der Waals surface area (Å²) < 4.78 is 41.1. The summed E-state index contributed by atoms with van der Waals surface area (Å²) in [4.78, 5) is 17.2. The molecule has 1 aliphatic rings. The molecule has 1 aromatic heterocycles. The first-order chi connectivity index (χ1) is 13.8. The lowest BCUT2D eigenvalue weighted by molar-refractivity contribution is -0.120. The van der Waals surface area contributed by atoms with Gasteiger partial charge in [-0.2, -0.15) is 4.31 Å². The van der Waals surface area contributed by atoms with E-state index in [-0.39, 0.29) is 17.3 Å². The number of piperidine rings is 1. The summed E-state index contributed by atoms with van der Waals surface area (Å²) in [7, 11) is -3.76. The lowest BCUT2D eigenvalue weighted by atomic mass is 9.98. The zero-order valence-electron chi connectivity index (χ0n) is 15.8. The second-order valence-corrected chi connectivity index (χ2v) is 10.2. The molecule has 152 valence electrons. The minimum Gasteiger partial charge on any atom is -0.326 e. The van der Waals surface area contributed by atoms with E-state index in [0.717, 1.165) is 27.4 Å². The Labute approximate surface area is 172 Å². The third-order valence-corrected chi connectivity index (χ3v) is 7.78. The fourth-order valence-electron chi connectivity index (χ4n) is 3.49. The topological polar surface area (TPSA) is 79.4 Å². The first-order valence-electron chi connectivity index (χ1n) is 9.27. The van der Waals surface area contributed by atoms with Crippen molar-refractivity contribution in [2.45, 2.75) is 24.7 Å². The van der Waals surface area contributed by atoms with Crippen molar-refractivity contribution < 1.29 is 17.6 Å². The van der Waals surface area contributed by atoms with Gasteiger partial charge in [-0.25, -0.2) is 17.8 Å². The smallest absolute Gasteiger partial charge is 0.243 e. The highest BCUT2D eigenvalue weighted by Gasteiger charge is 2.33. The van der Waals surface area contributed by atoms with Gasteiger partial charge in [-0.1, -0.05) is 0 Å². The molecule has 29 heavy (non-hydrogen) atoms. The average Bonchev–Trinajstić information content (AvgIpc) is 3.07. The van der Waals surface area contributed by atoms with Crippen molar-refractivity contribution in [3.8, 4) is 0 Å². The quantitative estimate of drug-likeness (QED) is 0.679. The average molecular weight is 434 g/mol. The molecule has 2 heterocycles. The van der Waals surface area contributed by atoms with Gasteiger partial charge in [-0.3, -0.25) is 4.79 Å². The standard InChI is InChI=1S/C20H20FN3O3S2/c1-13-22-18-9-6-16(11-19(18)28-13)23-20(25)14-3-2-10-24(12-14)29(26,27)17-7-4-15(21)5-8-17/h4-9,11,14H,2-3,10,12H2,1H3,(H,23,25). The number of aryl methyl sites for hydroxylation is 1. The van der Waals surface area contributed by atoms with Gasteiger partial charge in [-0.15, -0.1) is 11.3 Å².